The number of methoxy groups -OCH3 is 1. The molecule has 1 heterocycles. The number of amides is 1. The molecule has 0 aliphatic carbocycles. The topological polar surface area (TPSA) is 55.4 Å². The average molecular weight is 369 g/mol. The van der Waals surface area contributed by atoms with Gasteiger partial charge in [-0.15, -0.1) is 11.3 Å². The largest absolute Gasteiger partial charge is 0.469 e. The third-order valence-corrected chi connectivity index (χ3v) is 4.91. The number of nitrogens with one attached hydrogen (secondary N) is 1. The van der Waals surface area contributed by atoms with Crippen LogP contribution < -0.4 is 5.32 Å². The molecule has 0 spiro atoms. The maximum Gasteiger partial charge on any atom is 0.310 e. The third-order valence-electron chi connectivity index (χ3n) is 3.80. The Morgan fingerprint density at radius 2 is 1.77 bits per heavy atom. The first-order valence-electron chi connectivity index (χ1n) is 7.89. The fourth-order valence-corrected chi connectivity index (χ4v) is 3.40. The zero-order valence-corrected chi connectivity index (χ0v) is 14.8. The number of benzene rings is 2. The summed E-state index contributed by atoms with van der Waals surface area (Å²) in [6, 6.07) is 16.9. The lowest BCUT2D eigenvalue weighted by Gasteiger charge is -2.09. The van der Waals surface area contributed by atoms with Crippen LogP contribution in [0.5, 0.6) is 0 Å². The number of esters is 1. The molecule has 1 aromatic heterocycles. The van der Waals surface area contributed by atoms with E-state index in [-0.39, 0.29) is 24.1 Å². The highest BCUT2D eigenvalue weighted by molar-refractivity contribution is 7.17. The maximum atomic E-state index is 13.9. The molecule has 0 saturated carbocycles. The highest BCUT2D eigenvalue weighted by atomic mass is 32.1. The number of carbonyl (C=O) groups excluding carboxylic acids is 2. The summed E-state index contributed by atoms with van der Waals surface area (Å²) in [6.07, 6.45) is 0.0673. The lowest BCUT2D eigenvalue weighted by atomic mass is 10.1. The number of thiophene rings is 1. The van der Waals surface area contributed by atoms with Gasteiger partial charge in [0.2, 0.25) is 0 Å². The number of anilines is 1. The zero-order valence-electron chi connectivity index (χ0n) is 14.0. The lowest BCUT2D eigenvalue weighted by Crippen LogP contribution is -2.13. The van der Waals surface area contributed by atoms with Gasteiger partial charge in [0.1, 0.15) is 5.82 Å². The van der Waals surface area contributed by atoms with Crippen molar-refractivity contribution in [3.63, 3.8) is 0 Å². The van der Waals surface area contributed by atoms with Crippen LogP contribution >= 0.6 is 11.3 Å². The Morgan fingerprint density at radius 3 is 2.54 bits per heavy atom. The van der Waals surface area contributed by atoms with E-state index >= 15 is 0 Å². The van der Waals surface area contributed by atoms with Gasteiger partial charge in [-0.2, -0.15) is 0 Å². The van der Waals surface area contributed by atoms with Crippen molar-refractivity contribution in [2.75, 3.05) is 12.4 Å². The normalized spacial score (nSPS) is 10.4. The van der Waals surface area contributed by atoms with Gasteiger partial charge in [-0.05, 0) is 29.8 Å². The molecule has 6 heteroatoms. The van der Waals surface area contributed by atoms with Crippen LogP contribution in [0, 0.1) is 5.82 Å². The predicted molar refractivity (Wildman–Crippen MR) is 99.8 cm³/mol. The minimum absolute atomic E-state index is 0.0673. The summed E-state index contributed by atoms with van der Waals surface area (Å²) < 4.78 is 18.6. The molecule has 0 saturated heterocycles. The van der Waals surface area contributed by atoms with Crippen LogP contribution in [0.1, 0.15) is 15.2 Å². The van der Waals surface area contributed by atoms with E-state index in [1.165, 1.54) is 24.5 Å². The van der Waals surface area contributed by atoms with Crippen molar-refractivity contribution in [2.45, 2.75) is 6.42 Å². The van der Waals surface area contributed by atoms with Crippen molar-refractivity contribution in [2.24, 2.45) is 0 Å². The SMILES string of the molecule is COC(=O)Cc1ccccc1NC(=O)c1ccc(-c2ccccc2F)s1. The minimum Gasteiger partial charge on any atom is -0.469 e. The Kier molecular flexibility index (Phi) is 5.43. The van der Waals surface area contributed by atoms with E-state index < -0.39 is 0 Å². The molecule has 0 aliphatic heterocycles. The molecule has 0 atom stereocenters. The fourth-order valence-electron chi connectivity index (χ4n) is 2.47. The van der Waals surface area contributed by atoms with Crippen LogP contribution in [0.15, 0.2) is 60.7 Å². The molecule has 3 rings (SSSR count). The van der Waals surface area contributed by atoms with Gasteiger partial charge in [0, 0.05) is 16.1 Å². The minimum atomic E-state index is -0.385. The first-order valence-corrected chi connectivity index (χ1v) is 8.71. The lowest BCUT2D eigenvalue weighted by molar-refractivity contribution is -0.139. The molecule has 0 fully saturated rings. The van der Waals surface area contributed by atoms with Gasteiger partial charge in [0.15, 0.2) is 0 Å². The molecule has 0 aliphatic rings. The van der Waals surface area contributed by atoms with E-state index in [2.05, 4.69) is 10.1 Å². The molecule has 26 heavy (non-hydrogen) atoms. The summed E-state index contributed by atoms with van der Waals surface area (Å²) >= 11 is 1.21. The number of halogens is 1. The van der Waals surface area contributed by atoms with E-state index in [4.69, 9.17) is 0 Å². The Hall–Kier alpha value is -2.99. The van der Waals surface area contributed by atoms with Gasteiger partial charge < -0.3 is 10.1 Å². The van der Waals surface area contributed by atoms with Gasteiger partial charge in [-0.25, -0.2) is 4.39 Å². The Morgan fingerprint density at radius 1 is 1.04 bits per heavy atom. The van der Waals surface area contributed by atoms with Crippen molar-refractivity contribution in [3.05, 3.63) is 76.9 Å². The summed E-state index contributed by atoms with van der Waals surface area (Å²) in [5, 5.41) is 2.81. The van der Waals surface area contributed by atoms with Crippen LogP contribution in [0.25, 0.3) is 10.4 Å². The monoisotopic (exact) mass is 369 g/mol. The van der Waals surface area contributed by atoms with Gasteiger partial charge in [-0.1, -0.05) is 36.4 Å². The molecule has 1 N–H and O–H groups in total. The second kappa shape index (κ2) is 7.93. The summed E-state index contributed by atoms with van der Waals surface area (Å²) in [4.78, 5) is 25.2. The number of carbonyl (C=O) groups is 2. The molecular formula is C20H16FNO3S. The van der Waals surface area contributed by atoms with Crippen molar-refractivity contribution in [1.82, 2.24) is 0 Å². The summed E-state index contributed by atoms with van der Waals surface area (Å²) in [5.41, 5.74) is 1.67. The second-order valence-corrected chi connectivity index (χ2v) is 6.59. The highest BCUT2D eigenvalue weighted by Gasteiger charge is 2.15. The van der Waals surface area contributed by atoms with E-state index in [0.29, 0.717) is 26.6 Å². The van der Waals surface area contributed by atoms with E-state index in [0.717, 1.165) is 0 Å². The molecule has 132 valence electrons. The predicted octanol–water partition coefficient (Wildman–Crippen LogP) is 4.52. The smallest absolute Gasteiger partial charge is 0.310 e. The number of hydrogen-bond donors (Lipinski definition) is 1. The summed E-state index contributed by atoms with van der Waals surface area (Å²) in [7, 11) is 1.32. The Labute approximate surface area is 154 Å². The average Bonchev–Trinajstić information content (AvgIpc) is 3.13. The van der Waals surface area contributed by atoms with Crippen LogP contribution in [0.3, 0.4) is 0 Å². The number of hydrogen-bond acceptors (Lipinski definition) is 4. The number of ether oxygens (including phenoxy) is 1. The summed E-state index contributed by atoms with van der Waals surface area (Å²) in [6.45, 7) is 0. The quantitative estimate of drug-likeness (QED) is 0.673. The van der Waals surface area contributed by atoms with E-state index in [9.17, 15) is 14.0 Å². The molecule has 0 bridgehead atoms. The molecule has 0 unspecified atom stereocenters. The second-order valence-electron chi connectivity index (χ2n) is 5.51. The number of para-hydroxylation sites is 1. The molecule has 4 nitrogen and oxygen atoms in total. The highest BCUT2D eigenvalue weighted by Crippen LogP contribution is 2.30. The van der Waals surface area contributed by atoms with Crippen LogP contribution in [0.4, 0.5) is 10.1 Å². The van der Waals surface area contributed by atoms with Gasteiger partial charge in [0.05, 0.1) is 18.4 Å². The van der Waals surface area contributed by atoms with Crippen LogP contribution in [-0.2, 0) is 16.0 Å². The van der Waals surface area contributed by atoms with Crippen molar-refractivity contribution < 1.29 is 18.7 Å². The van der Waals surface area contributed by atoms with Crippen LogP contribution in [0.2, 0.25) is 0 Å². The summed E-state index contributed by atoms with van der Waals surface area (Å²) in [5.74, 6) is -1.02. The van der Waals surface area contributed by atoms with Crippen molar-refractivity contribution >= 4 is 28.9 Å². The molecule has 2 aromatic carbocycles. The maximum absolute atomic E-state index is 13.9. The van der Waals surface area contributed by atoms with Gasteiger partial charge in [-0.3, -0.25) is 9.59 Å². The molecule has 1 amide bonds. The first-order chi connectivity index (χ1) is 12.6. The van der Waals surface area contributed by atoms with E-state index in [1.807, 2.05) is 0 Å². The van der Waals surface area contributed by atoms with Crippen molar-refractivity contribution in [3.8, 4) is 10.4 Å². The standard InChI is InChI=1S/C20H16FNO3S/c1-25-19(23)12-13-6-2-5-9-16(13)22-20(24)18-11-10-17(26-18)14-7-3-4-8-15(14)21/h2-11H,12H2,1H3,(H,22,24). The van der Waals surface area contributed by atoms with Gasteiger partial charge >= 0.3 is 5.97 Å². The van der Waals surface area contributed by atoms with Gasteiger partial charge in [0.25, 0.3) is 5.91 Å². The van der Waals surface area contributed by atoms with Crippen molar-refractivity contribution in [1.29, 1.82) is 0 Å². The molecule has 3 aromatic rings. The third kappa shape index (κ3) is 3.97. The van der Waals surface area contributed by atoms with Crippen LogP contribution in [-0.4, -0.2) is 19.0 Å². The first kappa shape index (κ1) is 17.8. The molecular weight excluding hydrogens is 353 g/mol. The Balaban J connectivity index is 1.80. The Bertz CT molecular complexity index is 951. The molecule has 0 radical (unpaired) electrons. The number of rotatable bonds is 5. The zero-order chi connectivity index (χ0) is 18.5. The van der Waals surface area contributed by atoms with E-state index in [1.54, 1.807) is 54.6 Å². The fraction of sp³-hybridized carbons (Fsp3) is 0.100.